The Morgan fingerprint density at radius 3 is 2.89 bits per heavy atom. The molecule has 1 aliphatic rings. The van der Waals surface area contributed by atoms with E-state index in [0.29, 0.717) is 18.0 Å². The maximum Gasteiger partial charge on any atom is 0.182 e. The molecule has 0 atom stereocenters. The predicted octanol–water partition coefficient (Wildman–Crippen LogP) is 1.46. The highest BCUT2D eigenvalue weighted by Crippen LogP contribution is 2.28. The number of hydrogen-bond donors (Lipinski definition) is 3. The number of hydrogen-bond acceptors (Lipinski definition) is 5. The third-order valence-corrected chi connectivity index (χ3v) is 3.59. The average Bonchev–Trinajstić information content (AvgIpc) is 2.86. The van der Waals surface area contributed by atoms with E-state index in [4.69, 9.17) is 0 Å². The number of imidazole rings is 1. The summed E-state index contributed by atoms with van der Waals surface area (Å²) in [5, 5.41) is 13.6. The summed E-state index contributed by atoms with van der Waals surface area (Å²) in [4.78, 5) is 15.3. The van der Waals surface area contributed by atoms with Crippen LogP contribution >= 0.6 is 0 Å². The largest absolute Gasteiger partial charge is 0.388 e. The molecule has 1 fully saturated rings. The van der Waals surface area contributed by atoms with Crippen LogP contribution in [0.5, 0.6) is 0 Å². The molecule has 0 bridgehead atoms. The number of aromatic nitrogens is 4. The van der Waals surface area contributed by atoms with Gasteiger partial charge in [0.25, 0.3) is 0 Å². The van der Waals surface area contributed by atoms with Gasteiger partial charge >= 0.3 is 0 Å². The average molecular weight is 247 g/mol. The van der Waals surface area contributed by atoms with Crippen molar-refractivity contribution in [2.24, 2.45) is 0 Å². The molecule has 18 heavy (non-hydrogen) atoms. The molecule has 96 valence electrons. The Bertz CT molecular complexity index is 532. The number of fused-ring (bicyclic) bond motifs is 1. The lowest BCUT2D eigenvalue weighted by Gasteiger charge is -2.32. The van der Waals surface area contributed by atoms with E-state index in [-0.39, 0.29) is 0 Å². The minimum Gasteiger partial charge on any atom is -0.388 e. The summed E-state index contributed by atoms with van der Waals surface area (Å²) < 4.78 is 0. The van der Waals surface area contributed by atoms with Crippen molar-refractivity contribution in [2.45, 2.75) is 37.7 Å². The molecule has 3 rings (SSSR count). The molecular formula is C12H17N5O. The molecular weight excluding hydrogens is 230 g/mol. The van der Waals surface area contributed by atoms with Crippen molar-refractivity contribution in [3.05, 3.63) is 12.7 Å². The molecule has 2 aromatic rings. The van der Waals surface area contributed by atoms with Gasteiger partial charge in [0.2, 0.25) is 0 Å². The van der Waals surface area contributed by atoms with Gasteiger partial charge in [0.1, 0.15) is 11.8 Å². The summed E-state index contributed by atoms with van der Waals surface area (Å²) in [6, 6.07) is 0. The normalized spacial score (nSPS) is 18.9. The zero-order valence-electron chi connectivity index (χ0n) is 10.2. The van der Waals surface area contributed by atoms with Crippen molar-refractivity contribution >= 4 is 17.0 Å². The fourth-order valence-electron chi connectivity index (χ4n) is 2.53. The predicted molar refractivity (Wildman–Crippen MR) is 68.2 cm³/mol. The van der Waals surface area contributed by atoms with Gasteiger partial charge in [-0.2, -0.15) is 0 Å². The van der Waals surface area contributed by atoms with Crippen LogP contribution in [0.25, 0.3) is 11.2 Å². The van der Waals surface area contributed by atoms with E-state index in [0.717, 1.165) is 31.2 Å². The summed E-state index contributed by atoms with van der Waals surface area (Å²) in [6.45, 7) is 0.526. The number of nitrogens with zero attached hydrogens (tertiary/aromatic N) is 3. The zero-order valence-corrected chi connectivity index (χ0v) is 10.2. The first-order chi connectivity index (χ1) is 8.77. The number of H-pyrrole nitrogens is 1. The molecule has 0 radical (unpaired) electrons. The standard InChI is InChI=1S/C12H17N5O/c18-12(4-2-1-3-5-12)6-13-10-9-11(15-7-14-9)17-8-16-10/h7-8,18H,1-6H2,(H2,13,14,15,16,17). The summed E-state index contributed by atoms with van der Waals surface area (Å²) in [5.41, 5.74) is 0.829. The molecule has 1 saturated carbocycles. The number of anilines is 1. The monoisotopic (exact) mass is 247 g/mol. The Balaban J connectivity index is 1.74. The Morgan fingerprint density at radius 1 is 1.22 bits per heavy atom. The molecule has 0 amide bonds. The van der Waals surface area contributed by atoms with Crippen molar-refractivity contribution in [1.29, 1.82) is 0 Å². The van der Waals surface area contributed by atoms with E-state index < -0.39 is 5.60 Å². The van der Waals surface area contributed by atoms with E-state index in [9.17, 15) is 5.11 Å². The fraction of sp³-hybridized carbons (Fsp3) is 0.583. The second-order valence-corrected chi connectivity index (χ2v) is 4.96. The Morgan fingerprint density at radius 2 is 2.06 bits per heavy atom. The maximum atomic E-state index is 10.4. The summed E-state index contributed by atoms with van der Waals surface area (Å²) in [5.74, 6) is 0.705. The van der Waals surface area contributed by atoms with Gasteiger partial charge in [0.15, 0.2) is 11.5 Å². The van der Waals surface area contributed by atoms with Crippen LogP contribution in [0, 0.1) is 0 Å². The molecule has 0 unspecified atom stereocenters. The van der Waals surface area contributed by atoms with Crippen LogP contribution in [0.2, 0.25) is 0 Å². The van der Waals surface area contributed by atoms with Gasteiger partial charge in [-0.25, -0.2) is 15.0 Å². The van der Waals surface area contributed by atoms with Crippen LogP contribution in [0.3, 0.4) is 0 Å². The van der Waals surface area contributed by atoms with Gasteiger partial charge < -0.3 is 15.4 Å². The minimum atomic E-state index is -0.602. The van der Waals surface area contributed by atoms with Gasteiger partial charge in [-0.3, -0.25) is 0 Å². The quantitative estimate of drug-likeness (QED) is 0.764. The second kappa shape index (κ2) is 4.53. The van der Waals surface area contributed by atoms with Crippen LogP contribution in [-0.2, 0) is 0 Å². The lowest BCUT2D eigenvalue weighted by Crippen LogP contribution is -2.39. The van der Waals surface area contributed by atoms with Crippen molar-refractivity contribution < 1.29 is 5.11 Å². The molecule has 2 aromatic heterocycles. The van der Waals surface area contributed by atoms with Gasteiger partial charge in [-0.05, 0) is 12.8 Å². The maximum absolute atomic E-state index is 10.4. The highest BCUT2D eigenvalue weighted by Gasteiger charge is 2.29. The SMILES string of the molecule is OC1(CNc2ncnc3nc[nH]c23)CCCCC1. The van der Waals surface area contributed by atoms with Gasteiger partial charge in [-0.1, -0.05) is 19.3 Å². The molecule has 6 nitrogen and oxygen atoms in total. The molecule has 0 spiro atoms. The summed E-state index contributed by atoms with van der Waals surface area (Å²) in [7, 11) is 0. The molecule has 0 aromatic carbocycles. The Kier molecular flexibility index (Phi) is 2.87. The first kappa shape index (κ1) is 11.4. The van der Waals surface area contributed by atoms with Crippen LogP contribution in [0.15, 0.2) is 12.7 Å². The van der Waals surface area contributed by atoms with E-state index in [1.54, 1.807) is 6.33 Å². The molecule has 6 heteroatoms. The molecule has 1 aliphatic carbocycles. The van der Waals surface area contributed by atoms with Crippen molar-refractivity contribution in [1.82, 2.24) is 19.9 Å². The van der Waals surface area contributed by atoms with Crippen LogP contribution in [0.4, 0.5) is 5.82 Å². The molecule has 0 aliphatic heterocycles. The highest BCUT2D eigenvalue weighted by atomic mass is 16.3. The summed E-state index contributed by atoms with van der Waals surface area (Å²) in [6.07, 6.45) is 8.22. The first-order valence-corrected chi connectivity index (χ1v) is 6.37. The number of rotatable bonds is 3. The third kappa shape index (κ3) is 2.15. The van der Waals surface area contributed by atoms with E-state index in [2.05, 4.69) is 25.3 Å². The number of nitrogens with one attached hydrogen (secondary N) is 2. The second-order valence-electron chi connectivity index (χ2n) is 4.96. The zero-order chi connectivity index (χ0) is 12.4. The van der Waals surface area contributed by atoms with Gasteiger partial charge in [-0.15, -0.1) is 0 Å². The highest BCUT2D eigenvalue weighted by molar-refractivity contribution is 5.81. The molecule has 2 heterocycles. The minimum absolute atomic E-state index is 0.526. The van der Waals surface area contributed by atoms with Crippen molar-refractivity contribution in [2.75, 3.05) is 11.9 Å². The van der Waals surface area contributed by atoms with Gasteiger partial charge in [0, 0.05) is 6.54 Å². The van der Waals surface area contributed by atoms with E-state index >= 15 is 0 Å². The van der Waals surface area contributed by atoms with E-state index in [1.807, 2.05) is 0 Å². The van der Waals surface area contributed by atoms with Crippen LogP contribution in [0.1, 0.15) is 32.1 Å². The fourth-order valence-corrected chi connectivity index (χ4v) is 2.53. The molecule has 3 N–H and O–H groups in total. The lowest BCUT2D eigenvalue weighted by molar-refractivity contribution is 0.0167. The number of aromatic amines is 1. The Labute approximate surface area is 105 Å². The Hall–Kier alpha value is -1.69. The van der Waals surface area contributed by atoms with Crippen LogP contribution in [-0.4, -0.2) is 37.2 Å². The van der Waals surface area contributed by atoms with Crippen molar-refractivity contribution in [3.63, 3.8) is 0 Å². The lowest BCUT2D eigenvalue weighted by atomic mass is 9.85. The summed E-state index contributed by atoms with van der Waals surface area (Å²) >= 11 is 0. The smallest absolute Gasteiger partial charge is 0.182 e. The van der Waals surface area contributed by atoms with Gasteiger partial charge in [0.05, 0.1) is 11.9 Å². The molecule has 0 saturated heterocycles. The van der Waals surface area contributed by atoms with E-state index in [1.165, 1.54) is 12.7 Å². The third-order valence-electron chi connectivity index (χ3n) is 3.59. The van der Waals surface area contributed by atoms with Crippen LogP contribution < -0.4 is 5.32 Å². The number of aliphatic hydroxyl groups is 1. The first-order valence-electron chi connectivity index (χ1n) is 6.37. The van der Waals surface area contributed by atoms with Crippen molar-refractivity contribution in [3.8, 4) is 0 Å². The topological polar surface area (TPSA) is 86.7 Å².